The second-order valence-electron chi connectivity index (χ2n) is 6.68. The van der Waals surface area contributed by atoms with Gasteiger partial charge in [-0.3, -0.25) is 10.1 Å². The smallest absolute Gasteiger partial charge is 0.257 e. The van der Waals surface area contributed by atoms with E-state index in [1.807, 2.05) is 48.5 Å². The van der Waals surface area contributed by atoms with Gasteiger partial charge in [0.25, 0.3) is 5.91 Å². The van der Waals surface area contributed by atoms with Crippen LogP contribution in [-0.2, 0) is 5.75 Å². The number of nitrogens with one attached hydrogen (secondary N) is 2. The highest BCUT2D eigenvalue weighted by Gasteiger charge is 2.28. The van der Waals surface area contributed by atoms with E-state index in [1.54, 1.807) is 11.8 Å². The fraction of sp³-hybridized carbons (Fsp3) is 0.200. The van der Waals surface area contributed by atoms with Gasteiger partial charge in [-0.1, -0.05) is 53.4 Å². The fourth-order valence-electron chi connectivity index (χ4n) is 2.96. The minimum atomic E-state index is -0.153. The minimum absolute atomic E-state index is 0.153. The van der Waals surface area contributed by atoms with E-state index in [4.69, 9.17) is 0 Å². The molecule has 0 spiro atoms. The van der Waals surface area contributed by atoms with E-state index in [0.717, 1.165) is 26.8 Å². The van der Waals surface area contributed by atoms with Gasteiger partial charge in [0.05, 0.1) is 11.0 Å². The van der Waals surface area contributed by atoms with Crippen molar-refractivity contribution in [1.29, 1.82) is 0 Å². The van der Waals surface area contributed by atoms with Crippen molar-refractivity contribution in [1.82, 2.24) is 20.2 Å². The van der Waals surface area contributed by atoms with E-state index in [-0.39, 0.29) is 5.91 Å². The molecule has 140 valence electrons. The van der Waals surface area contributed by atoms with E-state index < -0.39 is 0 Å². The van der Waals surface area contributed by atoms with Crippen LogP contribution in [0.3, 0.4) is 0 Å². The maximum atomic E-state index is 12.8. The number of thioether (sulfide) groups is 1. The van der Waals surface area contributed by atoms with Crippen molar-refractivity contribution < 1.29 is 4.79 Å². The number of aromatic amines is 1. The first-order valence-electron chi connectivity index (χ1n) is 9.06. The molecule has 2 aromatic carbocycles. The lowest BCUT2D eigenvalue weighted by molar-refractivity contribution is 0.102. The number of carbonyl (C=O) groups is 1. The summed E-state index contributed by atoms with van der Waals surface area (Å²) in [6, 6.07) is 15.6. The highest BCUT2D eigenvalue weighted by Crippen LogP contribution is 2.42. The molecular weight excluding hydrogens is 390 g/mol. The third kappa shape index (κ3) is 3.65. The Hall–Kier alpha value is -2.71. The molecule has 0 unspecified atom stereocenters. The van der Waals surface area contributed by atoms with Crippen LogP contribution >= 0.6 is 23.1 Å². The number of carbonyl (C=O) groups excluding carboxylic acids is 1. The maximum absolute atomic E-state index is 12.8. The Labute approximate surface area is 169 Å². The normalized spacial score (nSPS) is 13.7. The first-order chi connectivity index (χ1) is 13.8. The number of aromatic nitrogens is 4. The number of fused-ring (bicyclic) bond motifs is 1. The number of para-hydroxylation sites is 2. The summed E-state index contributed by atoms with van der Waals surface area (Å²) in [5.74, 6) is 1.03. The van der Waals surface area contributed by atoms with Gasteiger partial charge < -0.3 is 4.98 Å². The second kappa shape index (κ2) is 7.37. The molecule has 2 N–H and O–H groups in total. The van der Waals surface area contributed by atoms with Crippen molar-refractivity contribution in [2.75, 3.05) is 5.32 Å². The van der Waals surface area contributed by atoms with Crippen LogP contribution in [0.15, 0.2) is 53.7 Å². The molecule has 4 aromatic rings. The predicted molar refractivity (Wildman–Crippen MR) is 112 cm³/mol. The van der Waals surface area contributed by atoms with Gasteiger partial charge in [0.1, 0.15) is 5.01 Å². The van der Waals surface area contributed by atoms with Crippen molar-refractivity contribution in [2.45, 2.75) is 29.7 Å². The number of amides is 1. The number of H-pyrrole nitrogens is 1. The Kier molecular flexibility index (Phi) is 4.58. The third-order valence-electron chi connectivity index (χ3n) is 4.58. The van der Waals surface area contributed by atoms with E-state index in [0.29, 0.717) is 22.4 Å². The summed E-state index contributed by atoms with van der Waals surface area (Å²) in [5, 5.41) is 13.6. The van der Waals surface area contributed by atoms with Crippen molar-refractivity contribution in [2.24, 2.45) is 0 Å². The van der Waals surface area contributed by atoms with Crippen LogP contribution in [0.25, 0.3) is 11.0 Å². The van der Waals surface area contributed by atoms with Crippen LogP contribution in [0.5, 0.6) is 0 Å². The number of benzene rings is 2. The largest absolute Gasteiger partial charge is 0.333 e. The lowest BCUT2D eigenvalue weighted by Gasteiger charge is -2.07. The number of hydrogen-bond acceptors (Lipinski definition) is 6. The summed E-state index contributed by atoms with van der Waals surface area (Å²) >= 11 is 3.05. The molecule has 1 aliphatic rings. The minimum Gasteiger partial charge on any atom is -0.333 e. The topological polar surface area (TPSA) is 83.6 Å². The van der Waals surface area contributed by atoms with Crippen LogP contribution < -0.4 is 5.32 Å². The molecule has 1 aliphatic carbocycles. The summed E-state index contributed by atoms with van der Waals surface area (Å²) in [6.45, 7) is 0. The summed E-state index contributed by atoms with van der Waals surface area (Å²) in [7, 11) is 0. The zero-order valence-electron chi connectivity index (χ0n) is 14.9. The quantitative estimate of drug-likeness (QED) is 0.447. The zero-order valence-corrected chi connectivity index (χ0v) is 16.5. The number of rotatable bonds is 6. The summed E-state index contributed by atoms with van der Waals surface area (Å²) in [4.78, 5) is 20.7. The van der Waals surface area contributed by atoms with Crippen molar-refractivity contribution in [3.05, 3.63) is 64.7 Å². The monoisotopic (exact) mass is 407 g/mol. The van der Waals surface area contributed by atoms with Crippen molar-refractivity contribution in [3.63, 3.8) is 0 Å². The Morgan fingerprint density at radius 2 is 1.96 bits per heavy atom. The Morgan fingerprint density at radius 1 is 1.14 bits per heavy atom. The lowest BCUT2D eigenvalue weighted by atomic mass is 10.1. The van der Waals surface area contributed by atoms with E-state index in [9.17, 15) is 4.79 Å². The fourth-order valence-corrected chi connectivity index (χ4v) is 4.75. The third-order valence-corrected chi connectivity index (χ3v) is 6.51. The van der Waals surface area contributed by atoms with Gasteiger partial charge in [-0.25, -0.2) is 4.98 Å². The van der Waals surface area contributed by atoms with Gasteiger partial charge >= 0.3 is 0 Å². The number of anilines is 1. The first-order valence-corrected chi connectivity index (χ1v) is 10.9. The molecule has 0 aliphatic heterocycles. The SMILES string of the molecule is O=C(Nc1nnc(C2CC2)s1)c1ccccc1CSc1nc2ccccc2[nH]1. The van der Waals surface area contributed by atoms with E-state index >= 15 is 0 Å². The number of hydrogen-bond donors (Lipinski definition) is 2. The predicted octanol–water partition coefficient (Wildman–Crippen LogP) is 4.84. The molecule has 28 heavy (non-hydrogen) atoms. The second-order valence-corrected chi connectivity index (χ2v) is 8.65. The molecule has 2 heterocycles. The average Bonchev–Trinajstić information content (AvgIpc) is 3.32. The highest BCUT2D eigenvalue weighted by atomic mass is 32.2. The molecule has 1 amide bonds. The van der Waals surface area contributed by atoms with Gasteiger partial charge in [-0.05, 0) is 36.6 Å². The Morgan fingerprint density at radius 3 is 2.82 bits per heavy atom. The van der Waals surface area contributed by atoms with Gasteiger partial charge in [0.15, 0.2) is 5.16 Å². The molecule has 5 rings (SSSR count). The van der Waals surface area contributed by atoms with Crippen molar-refractivity contribution >= 4 is 45.2 Å². The molecule has 1 saturated carbocycles. The maximum Gasteiger partial charge on any atom is 0.257 e. The molecule has 6 nitrogen and oxygen atoms in total. The molecular formula is C20H17N5OS2. The number of imidazole rings is 1. The Balaban J connectivity index is 1.30. The molecule has 0 radical (unpaired) electrons. The highest BCUT2D eigenvalue weighted by molar-refractivity contribution is 7.98. The van der Waals surface area contributed by atoms with Gasteiger partial charge in [0.2, 0.25) is 5.13 Å². The average molecular weight is 408 g/mol. The van der Waals surface area contributed by atoms with Crippen LogP contribution in [0.2, 0.25) is 0 Å². The van der Waals surface area contributed by atoms with Crippen LogP contribution in [0, 0.1) is 0 Å². The van der Waals surface area contributed by atoms with Crippen molar-refractivity contribution in [3.8, 4) is 0 Å². The molecule has 0 atom stereocenters. The molecule has 0 saturated heterocycles. The van der Waals surface area contributed by atoms with E-state index in [1.165, 1.54) is 24.2 Å². The number of nitrogens with zero attached hydrogens (tertiary/aromatic N) is 3. The summed E-state index contributed by atoms with van der Waals surface area (Å²) < 4.78 is 0. The van der Waals surface area contributed by atoms with Gasteiger partial charge in [-0.2, -0.15) is 0 Å². The molecule has 8 heteroatoms. The van der Waals surface area contributed by atoms with Gasteiger partial charge in [-0.15, -0.1) is 10.2 Å². The first kappa shape index (κ1) is 17.4. The molecule has 1 fully saturated rings. The Bertz CT molecular complexity index is 1120. The van der Waals surface area contributed by atoms with Crippen LogP contribution in [0.4, 0.5) is 5.13 Å². The van der Waals surface area contributed by atoms with Crippen LogP contribution in [-0.4, -0.2) is 26.1 Å². The standard InChI is InChI=1S/C20H17N5OS2/c26-17(23-20-25-24-18(28-20)12-9-10-12)14-6-2-1-5-13(14)11-27-19-21-15-7-3-4-8-16(15)22-19/h1-8,12H,9-11H2,(H,21,22)(H,23,25,26). The van der Waals surface area contributed by atoms with Gasteiger partial charge in [0, 0.05) is 17.2 Å². The lowest BCUT2D eigenvalue weighted by Crippen LogP contribution is -2.13. The molecule has 0 bridgehead atoms. The molecule has 2 aromatic heterocycles. The van der Waals surface area contributed by atoms with E-state index in [2.05, 4.69) is 25.5 Å². The summed E-state index contributed by atoms with van der Waals surface area (Å²) in [5.41, 5.74) is 3.56. The zero-order chi connectivity index (χ0) is 18.9. The summed E-state index contributed by atoms with van der Waals surface area (Å²) in [6.07, 6.45) is 2.34. The van der Waals surface area contributed by atoms with Crippen LogP contribution in [0.1, 0.15) is 39.7 Å².